The van der Waals surface area contributed by atoms with E-state index in [1.54, 1.807) is 12.1 Å². The summed E-state index contributed by atoms with van der Waals surface area (Å²) in [7, 11) is 0. The van der Waals surface area contributed by atoms with E-state index in [-0.39, 0.29) is 11.6 Å². The molecule has 1 aromatic rings. The molecule has 4 aliphatic rings. The summed E-state index contributed by atoms with van der Waals surface area (Å²) in [6.07, 6.45) is 7.03. The number of rotatable bonds is 3. The first-order valence-corrected chi connectivity index (χ1v) is 8.00. The van der Waals surface area contributed by atoms with E-state index in [4.69, 9.17) is 4.74 Å². The highest BCUT2D eigenvalue weighted by Gasteiger charge is 2.70. The van der Waals surface area contributed by atoms with Gasteiger partial charge in [0.25, 0.3) is 0 Å². The van der Waals surface area contributed by atoms with Crippen LogP contribution >= 0.6 is 0 Å². The molecule has 0 radical (unpaired) electrons. The van der Waals surface area contributed by atoms with Crippen LogP contribution < -0.4 is 10.1 Å². The molecule has 1 aromatic carbocycles. The van der Waals surface area contributed by atoms with Gasteiger partial charge in [-0.15, -0.1) is 0 Å². The highest BCUT2D eigenvalue weighted by atomic mass is 16.6. The largest absolute Gasteiger partial charge is 0.413 e. The van der Waals surface area contributed by atoms with Crippen LogP contribution in [0.15, 0.2) is 30.3 Å². The maximum Gasteiger partial charge on any atom is 0.413 e. The highest BCUT2D eigenvalue weighted by molar-refractivity contribution is 5.72. The zero-order valence-corrected chi connectivity index (χ0v) is 12.3. The Morgan fingerprint density at radius 2 is 1.71 bits per heavy atom. The smallest absolute Gasteiger partial charge is 0.410 e. The first-order valence-electron chi connectivity index (χ1n) is 8.00. The monoisotopic (exact) mass is 286 g/mol. The van der Waals surface area contributed by atoms with Crippen molar-refractivity contribution in [2.75, 3.05) is 13.1 Å². The molecule has 0 spiro atoms. The van der Waals surface area contributed by atoms with Gasteiger partial charge in [-0.3, -0.25) is 4.90 Å². The fourth-order valence-corrected chi connectivity index (χ4v) is 4.41. The van der Waals surface area contributed by atoms with E-state index in [1.807, 2.05) is 18.2 Å². The number of benzene rings is 1. The lowest BCUT2D eigenvalue weighted by molar-refractivity contribution is -0.179. The fraction of sp³-hybridized carbons (Fsp3) is 0.588. The Labute approximate surface area is 125 Å². The SMILES string of the molecule is O=C(NC12CC(N3CCCCC3)(C1)C2)Oc1ccccc1. The molecule has 4 heteroatoms. The zero-order valence-electron chi connectivity index (χ0n) is 12.3. The van der Waals surface area contributed by atoms with Crippen molar-refractivity contribution in [2.45, 2.75) is 49.6 Å². The Morgan fingerprint density at radius 1 is 1.05 bits per heavy atom. The van der Waals surface area contributed by atoms with Gasteiger partial charge >= 0.3 is 6.09 Å². The molecule has 21 heavy (non-hydrogen) atoms. The average molecular weight is 286 g/mol. The number of ether oxygens (including phenoxy) is 1. The number of para-hydroxylation sites is 1. The molecule has 1 N–H and O–H groups in total. The normalized spacial score (nSPS) is 34.5. The molecule has 1 amide bonds. The van der Waals surface area contributed by atoms with Gasteiger partial charge in [0.1, 0.15) is 5.75 Å². The summed E-state index contributed by atoms with van der Waals surface area (Å²) >= 11 is 0. The van der Waals surface area contributed by atoms with E-state index in [0.717, 1.165) is 19.3 Å². The van der Waals surface area contributed by atoms with Crippen LogP contribution in [0.1, 0.15) is 38.5 Å². The third kappa shape index (κ3) is 2.22. The van der Waals surface area contributed by atoms with Crippen molar-refractivity contribution >= 4 is 6.09 Å². The Bertz CT molecular complexity index is 517. The van der Waals surface area contributed by atoms with Crippen LogP contribution in [0.3, 0.4) is 0 Å². The van der Waals surface area contributed by atoms with Gasteiger partial charge in [-0.05, 0) is 57.3 Å². The third-order valence-electron chi connectivity index (χ3n) is 5.35. The van der Waals surface area contributed by atoms with Crippen LogP contribution in [0, 0.1) is 0 Å². The van der Waals surface area contributed by atoms with E-state index in [9.17, 15) is 4.79 Å². The van der Waals surface area contributed by atoms with Crippen molar-refractivity contribution in [2.24, 2.45) is 0 Å². The average Bonchev–Trinajstić information content (AvgIpc) is 2.43. The molecule has 3 aliphatic carbocycles. The maximum atomic E-state index is 12.0. The van der Waals surface area contributed by atoms with E-state index in [0.29, 0.717) is 11.3 Å². The Kier molecular flexibility index (Phi) is 2.96. The minimum atomic E-state index is -0.312. The minimum Gasteiger partial charge on any atom is -0.410 e. The number of nitrogens with zero attached hydrogens (tertiary/aromatic N) is 1. The Morgan fingerprint density at radius 3 is 2.38 bits per heavy atom. The number of piperidine rings is 1. The van der Waals surface area contributed by atoms with Gasteiger partial charge in [-0.25, -0.2) is 4.79 Å². The standard InChI is InChI=1S/C17H22N2O2/c20-15(21-14-7-3-1-4-8-14)18-16-11-17(12-16,13-16)19-9-5-2-6-10-19/h1,3-4,7-8H,2,5-6,9-13H2,(H,18,20). The predicted molar refractivity (Wildman–Crippen MR) is 80.3 cm³/mol. The molecule has 0 unspecified atom stereocenters. The number of nitrogens with one attached hydrogen (secondary N) is 1. The summed E-state index contributed by atoms with van der Waals surface area (Å²) in [5.74, 6) is 0.604. The van der Waals surface area contributed by atoms with E-state index in [1.165, 1.54) is 32.4 Å². The minimum absolute atomic E-state index is 0.0172. The lowest BCUT2D eigenvalue weighted by Crippen LogP contribution is -2.84. The summed E-state index contributed by atoms with van der Waals surface area (Å²) < 4.78 is 5.33. The van der Waals surface area contributed by atoms with Crippen molar-refractivity contribution in [3.63, 3.8) is 0 Å². The zero-order chi connectivity index (χ0) is 14.3. The molecule has 5 rings (SSSR count). The molecule has 4 nitrogen and oxygen atoms in total. The number of hydrogen-bond donors (Lipinski definition) is 1. The number of amides is 1. The number of carbonyl (C=O) groups excluding carboxylic acids is 1. The van der Waals surface area contributed by atoms with Crippen molar-refractivity contribution in [1.82, 2.24) is 10.2 Å². The van der Waals surface area contributed by atoms with E-state index < -0.39 is 0 Å². The summed E-state index contributed by atoms with van der Waals surface area (Å²) in [6, 6.07) is 9.26. The van der Waals surface area contributed by atoms with Crippen LogP contribution in [0.4, 0.5) is 4.79 Å². The Balaban J connectivity index is 1.29. The molecular formula is C17H22N2O2. The Hall–Kier alpha value is -1.55. The molecule has 3 saturated carbocycles. The summed E-state index contributed by atoms with van der Waals surface area (Å²) in [4.78, 5) is 14.6. The van der Waals surface area contributed by atoms with Gasteiger partial charge < -0.3 is 10.1 Å². The van der Waals surface area contributed by atoms with Crippen LogP contribution in [0.5, 0.6) is 5.75 Å². The topological polar surface area (TPSA) is 41.6 Å². The molecule has 1 saturated heterocycles. The van der Waals surface area contributed by atoms with Gasteiger partial charge in [0, 0.05) is 11.1 Å². The predicted octanol–water partition coefficient (Wildman–Crippen LogP) is 2.94. The number of carbonyl (C=O) groups is 1. The first-order chi connectivity index (χ1) is 10.2. The van der Waals surface area contributed by atoms with Crippen molar-refractivity contribution in [3.8, 4) is 5.75 Å². The lowest BCUT2D eigenvalue weighted by atomic mass is 9.43. The number of likely N-dealkylation sites (tertiary alicyclic amines) is 1. The molecule has 1 heterocycles. The molecule has 112 valence electrons. The van der Waals surface area contributed by atoms with Crippen LogP contribution in [-0.4, -0.2) is 35.2 Å². The second kappa shape index (κ2) is 4.73. The maximum absolute atomic E-state index is 12.0. The molecule has 2 bridgehead atoms. The summed E-state index contributed by atoms with van der Waals surface area (Å²) in [6.45, 7) is 2.48. The van der Waals surface area contributed by atoms with Crippen LogP contribution in [-0.2, 0) is 0 Å². The lowest BCUT2D eigenvalue weighted by Gasteiger charge is -2.74. The molecule has 0 aromatic heterocycles. The molecular weight excluding hydrogens is 264 g/mol. The van der Waals surface area contributed by atoms with E-state index >= 15 is 0 Å². The third-order valence-corrected chi connectivity index (χ3v) is 5.35. The van der Waals surface area contributed by atoms with Gasteiger partial charge in [0.05, 0.1) is 0 Å². The van der Waals surface area contributed by atoms with E-state index in [2.05, 4.69) is 10.2 Å². The van der Waals surface area contributed by atoms with Gasteiger partial charge in [0.2, 0.25) is 0 Å². The van der Waals surface area contributed by atoms with Crippen molar-refractivity contribution < 1.29 is 9.53 Å². The van der Waals surface area contributed by atoms with Crippen LogP contribution in [0.2, 0.25) is 0 Å². The van der Waals surface area contributed by atoms with Gasteiger partial charge in [0.15, 0.2) is 0 Å². The quantitative estimate of drug-likeness (QED) is 0.929. The number of hydrogen-bond acceptors (Lipinski definition) is 3. The molecule has 0 atom stereocenters. The fourth-order valence-electron chi connectivity index (χ4n) is 4.41. The molecule has 4 fully saturated rings. The summed E-state index contributed by atoms with van der Waals surface area (Å²) in [5, 5.41) is 3.08. The second-order valence-corrected chi connectivity index (χ2v) is 6.91. The van der Waals surface area contributed by atoms with Gasteiger partial charge in [-0.2, -0.15) is 0 Å². The summed E-state index contributed by atoms with van der Waals surface area (Å²) in [5.41, 5.74) is 0.420. The van der Waals surface area contributed by atoms with Gasteiger partial charge in [-0.1, -0.05) is 24.6 Å². The highest BCUT2D eigenvalue weighted by Crippen LogP contribution is 2.63. The molecule has 1 aliphatic heterocycles. The van der Waals surface area contributed by atoms with Crippen molar-refractivity contribution in [1.29, 1.82) is 0 Å². The second-order valence-electron chi connectivity index (χ2n) is 6.91. The van der Waals surface area contributed by atoms with Crippen LogP contribution in [0.25, 0.3) is 0 Å². The van der Waals surface area contributed by atoms with Crippen molar-refractivity contribution in [3.05, 3.63) is 30.3 Å². The first kappa shape index (κ1) is 13.1.